The molecule has 0 spiro atoms. The molecule has 0 radical (unpaired) electrons. The van der Waals surface area contributed by atoms with Crippen LogP contribution in [0.2, 0.25) is 0 Å². The van der Waals surface area contributed by atoms with Gasteiger partial charge in [0.25, 0.3) is 0 Å². The van der Waals surface area contributed by atoms with Gasteiger partial charge in [0.1, 0.15) is 5.69 Å². The lowest BCUT2D eigenvalue weighted by Crippen LogP contribution is -2.21. The summed E-state index contributed by atoms with van der Waals surface area (Å²) < 4.78 is 36.5. The molecule has 0 saturated heterocycles. The number of alkyl halides is 3. The first-order valence-electron chi connectivity index (χ1n) is 4.31. The summed E-state index contributed by atoms with van der Waals surface area (Å²) >= 11 is 0. The number of aromatic nitrogens is 2. The molecule has 0 amide bonds. The molecule has 0 unspecified atom stereocenters. The fourth-order valence-electron chi connectivity index (χ4n) is 1.73. The number of aryl methyl sites for hydroxylation is 1. The minimum Gasteiger partial charge on any atom is -0.378 e. The van der Waals surface area contributed by atoms with Crippen molar-refractivity contribution in [3.63, 3.8) is 0 Å². The Hall–Kier alpha value is -1.04. The van der Waals surface area contributed by atoms with Crippen LogP contribution in [0, 0.1) is 0 Å². The van der Waals surface area contributed by atoms with Crippen LogP contribution in [0.5, 0.6) is 0 Å². The summed E-state index contributed by atoms with van der Waals surface area (Å²) in [6.07, 6.45) is -4.99. The van der Waals surface area contributed by atoms with Gasteiger partial charge >= 0.3 is 6.18 Å². The van der Waals surface area contributed by atoms with Crippen LogP contribution < -0.4 is 0 Å². The second kappa shape index (κ2) is 2.98. The molecular formula is C8H9F3N2O. The van der Waals surface area contributed by atoms with Crippen LogP contribution in [0.4, 0.5) is 13.2 Å². The van der Waals surface area contributed by atoms with Gasteiger partial charge in [-0.3, -0.25) is 5.10 Å². The smallest absolute Gasteiger partial charge is 0.378 e. The van der Waals surface area contributed by atoms with E-state index in [2.05, 4.69) is 10.2 Å². The van der Waals surface area contributed by atoms with Gasteiger partial charge in [-0.05, 0) is 24.8 Å². The van der Waals surface area contributed by atoms with E-state index in [1.807, 2.05) is 0 Å². The predicted molar refractivity (Wildman–Crippen MR) is 41.6 cm³/mol. The first kappa shape index (κ1) is 9.51. The minimum atomic E-state index is -4.63. The number of fused-ring (bicyclic) bond motifs is 1. The number of rotatable bonds is 1. The molecule has 6 heteroatoms. The predicted octanol–water partition coefficient (Wildman–Crippen LogP) is 1.49. The highest BCUT2D eigenvalue weighted by Crippen LogP contribution is 2.36. The van der Waals surface area contributed by atoms with Gasteiger partial charge in [0.2, 0.25) is 0 Å². The Bertz CT molecular complexity index is 345. The van der Waals surface area contributed by atoms with Gasteiger partial charge in [-0.2, -0.15) is 18.3 Å². The first-order chi connectivity index (χ1) is 6.50. The third-order valence-corrected chi connectivity index (χ3v) is 2.41. The molecule has 3 nitrogen and oxygen atoms in total. The van der Waals surface area contributed by atoms with E-state index in [0.29, 0.717) is 18.4 Å². The number of H-pyrrole nitrogens is 1. The highest BCUT2D eigenvalue weighted by atomic mass is 19.4. The molecule has 0 aromatic carbocycles. The van der Waals surface area contributed by atoms with Crippen LogP contribution in [0.15, 0.2) is 0 Å². The van der Waals surface area contributed by atoms with E-state index in [1.165, 1.54) is 0 Å². The largest absolute Gasteiger partial charge is 0.420 e. The van der Waals surface area contributed by atoms with Crippen LogP contribution in [0.3, 0.4) is 0 Å². The number of nitrogens with one attached hydrogen (secondary N) is 1. The maximum Gasteiger partial charge on any atom is 0.420 e. The molecular weight excluding hydrogens is 197 g/mol. The molecule has 1 heterocycles. The maximum absolute atomic E-state index is 12.2. The Balaban J connectivity index is 2.33. The van der Waals surface area contributed by atoms with Crippen LogP contribution in [0.1, 0.15) is 29.5 Å². The number of hydrogen-bond acceptors (Lipinski definition) is 2. The van der Waals surface area contributed by atoms with Gasteiger partial charge in [0, 0.05) is 5.69 Å². The summed E-state index contributed by atoms with van der Waals surface area (Å²) in [5, 5.41) is 15.0. The summed E-state index contributed by atoms with van der Waals surface area (Å²) in [5.41, 5.74) is 1.00. The van der Waals surface area contributed by atoms with Gasteiger partial charge in [0.15, 0.2) is 6.10 Å². The third-order valence-electron chi connectivity index (χ3n) is 2.41. The van der Waals surface area contributed by atoms with E-state index in [9.17, 15) is 13.2 Å². The topological polar surface area (TPSA) is 48.9 Å². The lowest BCUT2D eigenvalue weighted by molar-refractivity contribution is -0.208. The van der Waals surface area contributed by atoms with Crippen molar-refractivity contribution in [1.29, 1.82) is 0 Å². The SMILES string of the molecule is O[C@H](c1n[nH]c2c1CCC2)C(F)(F)F. The zero-order valence-corrected chi connectivity index (χ0v) is 7.23. The Morgan fingerprint density at radius 3 is 2.71 bits per heavy atom. The van der Waals surface area contributed by atoms with Gasteiger partial charge in [-0.25, -0.2) is 0 Å². The number of aliphatic hydroxyl groups is 1. The van der Waals surface area contributed by atoms with E-state index in [1.54, 1.807) is 0 Å². The van der Waals surface area contributed by atoms with Crippen molar-refractivity contribution in [2.75, 3.05) is 0 Å². The molecule has 0 bridgehead atoms. The van der Waals surface area contributed by atoms with Crippen LogP contribution in [-0.2, 0) is 12.8 Å². The van der Waals surface area contributed by atoms with E-state index in [0.717, 1.165) is 12.1 Å². The molecule has 1 atom stereocenters. The van der Waals surface area contributed by atoms with Crippen LogP contribution >= 0.6 is 0 Å². The molecule has 2 N–H and O–H groups in total. The van der Waals surface area contributed by atoms with Gasteiger partial charge in [-0.1, -0.05) is 0 Å². The van der Waals surface area contributed by atoms with Crippen LogP contribution in [-0.4, -0.2) is 21.5 Å². The molecule has 1 aliphatic carbocycles. The van der Waals surface area contributed by atoms with Crippen molar-refractivity contribution in [2.24, 2.45) is 0 Å². The van der Waals surface area contributed by atoms with Gasteiger partial charge in [-0.15, -0.1) is 0 Å². The zero-order chi connectivity index (χ0) is 10.3. The summed E-state index contributed by atoms with van der Waals surface area (Å²) in [6.45, 7) is 0. The number of halogens is 3. The number of nitrogens with zero attached hydrogens (tertiary/aromatic N) is 1. The van der Waals surface area contributed by atoms with Crippen molar-refractivity contribution in [3.05, 3.63) is 17.0 Å². The second-order valence-corrected chi connectivity index (χ2v) is 3.36. The molecule has 78 valence electrons. The Labute approximate surface area is 77.9 Å². The Morgan fingerprint density at radius 1 is 1.36 bits per heavy atom. The third kappa shape index (κ3) is 1.39. The molecule has 0 saturated carbocycles. The highest BCUT2D eigenvalue weighted by molar-refractivity contribution is 5.31. The van der Waals surface area contributed by atoms with Crippen molar-refractivity contribution in [1.82, 2.24) is 10.2 Å². The lowest BCUT2D eigenvalue weighted by Gasteiger charge is -2.12. The quantitative estimate of drug-likeness (QED) is 0.731. The van der Waals surface area contributed by atoms with Gasteiger partial charge < -0.3 is 5.11 Å². The van der Waals surface area contributed by atoms with E-state index in [-0.39, 0.29) is 5.69 Å². The van der Waals surface area contributed by atoms with E-state index >= 15 is 0 Å². The number of aliphatic hydroxyl groups excluding tert-OH is 1. The maximum atomic E-state index is 12.2. The standard InChI is InChI=1S/C8H9F3N2O/c9-8(10,11)7(14)6-4-2-1-3-5(4)12-13-6/h7,14H,1-3H2,(H,12,13)/t7-/m1/s1. The van der Waals surface area contributed by atoms with Crippen molar-refractivity contribution >= 4 is 0 Å². The Morgan fingerprint density at radius 2 is 2.07 bits per heavy atom. The highest BCUT2D eigenvalue weighted by Gasteiger charge is 2.43. The van der Waals surface area contributed by atoms with Crippen LogP contribution in [0.25, 0.3) is 0 Å². The fourth-order valence-corrected chi connectivity index (χ4v) is 1.73. The first-order valence-corrected chi connectivity index (χ1v) is 4.31. The molecule has 1 aromatic heterocycles. The monoisotopic (exact) mass is 206 g/mol. The molecule has 0 aliphatic heterocycles. The van der Waals surface area contributed by atoms with Crippen molar-refractivity contribution < 1.29 is 18.3 Å². The molecule has 1 aromatic rings. The summed E-state index contributed by atoms with van der Waals surface area (Å²) in [5.74, 6) is 0. The normalized spacial score (nSPS) is 18.3. The minimum absolute atomic E-state index is 0.259. The summed E-state index contributed by atoms with van der Waals surface area (Å²) in [4.78, 5) is 0. The molecule has 1 aliphatic rings. The number of aromatic amines is 1. The summed E-state index contributed by atoms with van der Waals surface area (Å²) in [6, 6.07) is 0. The number of hydrogen-bond donors (Lipinski definition) is 2. The zero-order valence-electron chi connectivity index (χ0n) is 7.23. The van der Waals surface area contributed by atoms with Crippen molar-refractivity contribution in [3.8, 4) is 0 Å². The second-order valence-electron chi connectivity index (χ2n) is 3.36. The summed E-state index contributed by atoms with van der Waals surface area (Å²) in [7, 11) is 0. The van der Waals surface area contributed by atoms with Gasteiger partial charge in [0.05, 0.1) is 0 Å². The molecule has 2 rings (SSSR count). The van der Waals surface area contributed by atoms with Crippen molar-refractivity contribution in [2.45, 2.75) is 31.5 Å². The Kier molecular flexibility index (Phi) is 2.02. The molecule has 14 heavy (non-hydrogen) atoms. The fraction of sp³-hybridized carbons (Fsp3) is 0.625. The average Bonchev–Trinajstić information content (AvgIpc) is 2.59. The molecule has 0 fully saturated rings. The van der Waals surface area contributed by atoms with E-state index in [4.69, 9.17) is 5.11 Å². The average molecular weight is 206 g/mol. The lowest BCUT2D eigenvalue weighted by atomic mass is 10.1. The van der Waals surface area contributed by atoms with E-state index < -0.39 is 12.3 Å².